The first-order chi connectivity index (χ1) is 9.22. The van der Waals surface area contributed by atoms with Gasteiger partial charge in [-0.2, -0.15) is 0 Å². The van der Waals surface area contributed by atoms with Crippen molar-refractivity contribution in [2.24, 2.45) is 5.73 Å². The molecule has 4 heteroatoms. The number of hydrogen-bond acceptors (Lipinski definition) is 3. The highest BCUT2D eigenvalue weighted by molar-refractivity contribution is 6.32. The van der Waals surface area contributed by atoms with E-state index in [4.69, 9.17) is 26.8 Å². The maximum absolute atomic E-state index is 6.12. The Kier molecular flexibility index (Phi) is 4.66. The number of nitrogens with two attached hydrogens (primary N) is 1. The predicted octanol–water partition coefficient (Wildman–Crippen LogP) is 3.43. The van der Waals surface area contributed by atoms with Crippen LogP contribution in [0.5, 0.6) is 11.5 Å². The molecule has 1 atom stereocenters. The second-order valence-corrected chi connectivity index (χ2v) is 4.50. The standard InChI is InChI=1S/C15H16ClNO2/c1-18-14-8-4-2-6-11(14)13(17)10-19-15-9-5-3-7-12(15)16/h2-9,13H,10,17H2,1H3. The van der Waals surface area contributed by atoms with Crippen molar-refractivity contribution in [2.45, 2.75) is 6.04 Å². The molecule has 3 nitrogen and oxygen atoms in total. The SMILES string of the molecule is COc1ccccc1C(N)COc1ccccc1Cl. The van der Waals surface area contributed by atoms with Crippen LogP contribution in [0.15, 0.2) is 48.5 Å². The van der Waals surface area contributed by atoms with Crippen LogP contribution in [0.1, 0.15) is 11.6 Å². The maximum atomic E-state index is 6.12. The summed E-state index contributed by atoms with van der Waals surface area (Å²) < 4.78 is 10.9. The molecule has 0 bridgehead atoms. The molecular formula is C15H16ClNO2. The van der Waals surface area contributed by atoms with Gasteiger partial charge >= 0.3 is 0 Å². The lowest BCUT2D eigenvalue weighted by molar-refractivity contribution is 0.287. The summed E-state index contributed by atoms with van der Waals surface area (Å²) in [6, 6.07) is 14.7. The van der Waals surface area contributed by atoms with E-state index in [0.29, 0.717) is 17.4 Å². The first-order valence-electron chi connectivity index (χ1n) is 5.98. The molecular weight excluding hydrogens is 262 g/mol. The Hall–Kier alpha value is -1.71. The summed E-state index contributed by atoms with van der Waals surface area (Å²) in [4.78, 5) is 0. The number of rotatable bonds is 5. The van der Waals surface area contributed by atoms with Gasteiger partial charge in [0.05, 0.1) is 18.2 Å². The number of hydrogen-bond donors (Lipinski definition) is 1. The zero-order valence-corrected chi connectivity index (χ0v) is 11.4. The van der Waals surface area contributed by atoms with Gasteiger partial charge in [-0.05, 0) is 18.2 Å². The zero-order chi connectivity index (χ0) is 13.7. The van der Waals surface area contributed by atoms with Gasteiger partial charge in [-0.3, -0.25) is 0 Å². The highest BCUT2D eigenvalue weighted by atomic mass is 35.5. The van der Waals surface area contributed by atoms with Gasteiger partial charge in [0, 0.05) is 5.56 Å². The fraction of sp³-hybridized carbons (Fsp3) is 0.200. The molecule has 0 aliphatic carbocycles. The topological polar surface area (TPSA) is 44.5 Å². The third kappa shape index (κ3) is 3.40. The number of methoxy groups -OCH3 is 1. The van der Waals surface area contributed by atoms with E-state index in [9.17, 15) is 0 Å². The van der Waals surface area contributed by atoms with Gasteiger partial charge in [0.1, 0.15) is 18.1 Å². The monoisotopic (exact) mass is 277 g/mol. The minimum atomic E-state index is -0.271. The number of para-hydroxylation sites is 2. The van der Waals surface area contributed by atoms with Crippen molar-refractivity contribution in [1.29, 1.82) is 0 Å². The number of benzene rings is 2. The second-order valence-electron chi connectivity index (χ2n) is 4.09. The summed E-state index contributed by atoms with van der Waals surface area (Å²) in [5.74, 6) is 1.40. The van der Waals surface area contributed by atoms with E-state index in [1.54, 1.807) is 13.2 Å². The highest BCUT2D eigenvalue weighted by Crippen LogP contribution is 2.26. The van der Waals surface area contributed by atoms with E-state index in [-0.39, 0.29) is 6.04 Å². The van der Waals surface area contributed by atoms with E-state index < -0.39 is 0 Å². The molecule has 0 saturated carbocycles. The Bertz CT molecular complexity index is 545. The molecule has 2 aromatic carbocycles. The first-order valence-corrected chi connectivity index (χ1v) is 6.36. The zero-order valence-electron chi connectivity index (χ0n) is 10.7. The van der Waals surface area contributed by atoms with Gasteiger partial charge in [-0.15, -0.1) is 0 Å². The van der Waals surface area contributed by atoms with E-state index in [0.717, 1.165) is 11.3 Å². The third-order valence-corrected chi connectivity index (χ3v) is 3.11. The van der Waals surface area contributed by atoms with Crippen molar-refractivity contribution in [3.8, 4) is 11.5 Å². The van der Waals surface area contributed by atoms with Gasteiger partial charge < -0.3 is 15.2 Å². The molecule has 0 aliphatic rings. The average molecular weight is 278 g/mol. The quantitative estimate of drug-likeness (QED) is 0.911. The van der Waals surface area contributed by atoms with Crippen LogP contribution in [-0.2, 0) is 0 Å². The van der Waals surface area contributed by atoms with Crippen molar-refractivity contribution in [1.82, 2.24) is 0 Å². The van der Waals surface area contributed by atoms with Crippen molar-refractivity contribution in [3.05, 3.63) is 59.1 Å². The van der Waals surface area contributed by atoms with Crippen LogP contribution >= 0.6 is 11.6 Å². The van der Waals surface area contributed by atoms with Crippen molar-refractivity contribution >= 4 is 11.6 Å². The fourth-order valence-electron chi connectivity index (χ4n) is 1.80. The van der Waals surface area contributed by atoms with E-state index >= 15 is 0 Å². The highest BCUT2D eigenvalue weighted by Gasteiger charge is 2.12. The molecule has 0 heterocycles. The second kappa shape index (κ2) is 6.45. The van der Waals surface area contributed by atoms with Crippen LogP contribution < -0.4 is 15.2 Å². The van der Waals surface area contributed by atoms with Crippen molar-refractivity contribution in [2.75, 3.05) is 13.7 Å². The van der Waals surface area contributed by atoms with Gasteiger partial charge in [0.25, 0.3) is 0 Å². The summed E-state index contributed by atoms with van der Waals surface area (Å²) in [6.07, 6.45) is 0. The van der Waals surface area contributed by atoms with Crippen molar-refractivity contribution < 1.29 is 9.47 Å². The van der Waals surface area contributed by atoms with Gasteiger partial charge in [0.15, 0.2) is 0 Å². The Morgan fingerprint density at radius 3 is 2.37 bits per heavy atom. The van der Waals surface area contributed by atoms with Crippen LogP contribution in [0, 0.1) is 0 Å². The Balaban J connectivity index is 2.05. The van der Waals surface area contributed by atoms with Crippen LogP contribution in [-0.4, -0.2) is 13.7 Å². The molecule has 2 aromatic rings. The number of ether oxygens (including phenoxy) is 2. The van der Waals surface area contributed by atoms with Gasteiger partial charge in [-0.25, -0.2) is 0 Å². The lowest BCUT2D eigenvalue weighted by Gasteiger charge is -2.16. The maximum Gasteiger partial charge on any atom is 0.137 e. The minimum absolute atomic E-state index is 0.271. The van der Waals surface area contributed by atoms with E-state index in [1.807, 2.05) is 42.5 Å². The molecule has 2 rings (SSSR count). The van der Waals surface area contributed by atoms with Crippen LogP contribution in [0.2, 0.25) is 5.02 Å². The molecule has 2 N–H and O–H groups in total. The van der Waals surface area contributed by atoms with Crippen LogP contribution in [0.25, 0.3) is 0 Å². The fourth-order valence-corrected chi connectivity index (χ4v) is 1.99. The summed E-state index contributed by atoms with van der Waals surface area (Å²) in [6.45, 7) is 0.337. The number of halogens is 1. The van der Waals surface area contributed by atoms with Crippen molar-refractivity contribution in [3.63, 3.8) is 0 Å². The minimum Gasteiger partial charge on any atom is -0.496 e. The molecule has 0 fully saturated rings. The lowest BCUT2D eigenvalue weighted by Crippen LogP contribution is -2.19. The summed E-state index contributed by atoms with van der Waals surface area (Å²) in [5, 5.41) is 0.578. The van der Waals surface area contributed by atoms with E-state index in [1.165, 1.54) is 0 Å². The molecule has 19 heavy (non-hydrogen) atoms. The van der Waals surface area contributed by atoms with Crippen LogP contribution in [0.3, 0.4) is 0 Å². The lowest BCUT2D eigenvalue weighted by atomic mass is 10.1. The molecule has 100 valence electrons. The first kappa shape index (κ1) is 13.7. The largest absolute Gasteiger partial charge is 0.496 e. The normalized spacial score (nSPS) is 11.9. The molecule has 1 unspecified atom stereocenters. The molecule has 0 aliphatic heterocycles. The molecule has 0 amide bonds. The van der Waals surface area contributed by atoms with Gasteiger partial charge in [0.2, 0.25) is 0 Å². The predicted molar refractivity (Wildman–Crippen MR) is 76.9 cm³/mol. The molecule has 0 radical (unpaired) electrons. The summed E-state index contributed by atoms with van der Waals surface area (Å²) >= 11 is 6.02. The average Bonchev–Trinajstić information content (AvgIpc) is 2.46. The molecule has 0 spiro atoms. The van der Waals surface area contributed by atoms with E-state index in [2.05, 4.69) is 0 Å². The summed E-state index contributed by atoms with van der Waals surface area (Å²) in [5.41, 5.74) is 7.04. The molecule has 0 aromatic heterocycles. The Labute approximate surface area is 117 Å². The Morgan fingerprint density at radius 1 is 1.05 bits per heavy atom. The molecule has 0 saturated heterocycles. The summed E-state index contributed by atoms with van der Waals surface area (Å²) in [7, 11) is 1.63. The van der Waals surface area contributed by atoms with Gasteiger partial charge in [-0.1, -0.05) is 41.9 Å². The third-order valence-electron chi connectivity index (χ3n) is 2.79. The van der Waals surface area contributed by atoms with Crippen LogP contribution in [0.4, 0.5) is 0 Å². The Morgan fingerprint density at radius 2 is 1.68 bits per heavy atom. The smallest absolute Gasteiger partial charge is 0.137 e.